The van der Waals surface area contributed by atoms with E-state index in [9.17, 15) is 9.59 Å². The summed E-state index contributed by atoms with van der Waals surface area (Å²) >= 11 is 0. The van der Waals surface area contributed by atoms with Gasteiger partial charge in [-0.15, -0.1) is 0 Å². The van der Waals surface area contributed by atoms with Crippen LogP contribution in [0.4, 0.5) is 4.79 Å². The van der Waals surface area contributed by atoms with E-state index in [1.165, 1.54) is 0 Å². The molecule has 4 N–H and O–H groups in total. The molecule has 6 nitrogen and oxygen atoms in total. The summed E-state index contributed by atoms with van der Waals surface area (Å²) in [6, 6.07) is 8.76. The summed E-state index contributed by atoms with van der Waals surface area (Å²) in [5, 5.41) is 11.5. The van der Waals surface area contributed by atoms with Gasteiger partial charge in [-0.05, 0) is 18.0 Å². The van der Waals surface area contributed by atoms with E-state index in [2.05, 4.69) is 21.3 Å². The fourth-order valence-corrected chi connectivity index (χ4v) is 2.07. The van der Waals surface area contributed by atoms with Gasteiger partial charge in [0, 0.05) is 19.6 Å². The molecule has 0 aliphatic heterocycles. The Morgan fingerprint density at radius 3 is 2.35 bits per heavy atom. The van der Waals surface area contributed by atoms with Gasteiger partial charge >= 0.3 is 6.03 Å². The zero-order valence-corrected chi connectivity index (χ0v) is 14.2. The predicted octanol–water partition coefficient (Wildman–Crippen LogP) is 1.24. The van der Waals surface area contributed by atoms with Gasteiger partial charge in [0.2, 0.25) is 5.91 Å². The Balaban J connectivity index is 2.41. The average Bonchev–Trinajstić information content (AvgIpc) is 2.55. The maximum absolute atomic E-state index is 12.2. The normalized spacial score (nSPS) is 11.8. The molecule has 0 saturated carbocycles. The van der Waals surface area contributed by atoms with Crippen molar-refractivity contribution in [1.29, 1.82) is 0 Å². The Morgan fingerprint density at radius 2 is 1.74 bits per heavy atom. The van der Waals surface area contributed by atoms with Crippen LogP contribution in [0.5, 0.6) is 0 Å². The third-order valence-corrected chi connectivity index (χ3v) is 3.38. The maximum atomic E-state index is 12.2. The summed E-state index contributed by atoms with van der Waals surface area (Å²) in [5.74, 6) is -0.149. The van der Waals surface area contributed by atoms with E-state index in [0.717, 1.165) is 12.1 Å². The van der Waals surface area contributed by atoms with E-state index in [-0.39, 0.29) is 17.9 Å². The molecule has 0 aliphatic rings. The van der Waals surface area contributed by atoms with Gasteiger partial charge < -0.3 is 21.3 Å². The lowest BCUT2D eigenvalue weighted by molar-refractivity contribution is -0.123. The lowest BCUT2D eigenvalue weighted by Gasteiger charge is -2.22. The van der Waals surface area contributed by atoms with Crippen LogP contribution in [-0.4, -0.2) is 37.6 Å². The van der Waals surface area contributed by atoms with Gasteiger partial charge in [0.15, 0.2) is 0 Å². The van der Waals surface area contributed by atoms with Crippen molar-refractivity contribution < 1.29 is 9.59 Å². The minimum Gasteiger partial charge on any atom is -0.353 e. The van der Waals surface area contributed by atoms with Crippen molar-refractivity contribution in [2.45, 2.75) is 33.4 Å². The Morgan fingerprint density at radius 1 is 1.04 bits per heavy atom. The summed E-state index contributed by atoms with van der Waals surface area (Å²) < 4.78 is 0. The third kappa shape index (κ3) is 7.65. The molecule has 1 aromatic carbocycles. The van der Waals surface area contributed by atoms with Gasteiger partial charge in [-0.25, -0.2) is 4.79 Å². The van der Waals surface area contributed by atoms with Crippen molar-refractivity contribution in [3.63, 3.8) is 0 Å². The number of urea groups is 1. The van der Waals surface area contributed by atoms with Crippen LogP contribution in [0.15, 0.2) is 30.3 Å². The Bertz CT molecular complexity index is 477. The fourth-order valence-electron chi connectivity index (χ4n) is 2.07. The zero-order chi connectivity index (χ0) is 17.1. The second-order valence-electron chi connectivity index (χ2n) is 5.68. The first kappa shape index (κ1) is 19.0. The third-order valence-electron chi connectivity index (χ3n) is 3.38. The van der Waals surface area contributed by atoms with Crippen LogP contribution in [-0.2, 0) is 11.3 Å². The number of amides is 3. The summed E-state index contributed by atoms with van der Waals surface area (Å²) in [4.78, 5) is 24.2. The molecule has 0 aliphatic carbocycles. The van der Waals surface area contributed by atoms with Crippen LogP contribution < -0.4 is 21.3 Å². The molecule has 1 aromatic rings. The van der Waals surface area contributed by atoms with Crippen molar-refractivity contribution in [1.82, 2.24) is 21.3 Å². The van der Waals surface area contributed by atoms with Gasteiger partial charge in [0.05, 0.1) is 0 Å². The number of likely N-dealkylation sites (N-methyl/N-ethyl adjacent to an activating group) is 1. The molecule has 23 heavy (non-hydrogen) atoms. The number of rotatable bonds is 9. The Labute approximate surface area is 138 Å². The Hall–Kier alpha value is -2.08. The SMILES string of the molecule is CCNCCNC(=O)C(NC(=O)NCc1ccccc1)C(C)C. The standard InChI is InChI=1S/C17H28N4O2/c1-4-18-10-11-19-16(22)15(13(2)3)21-17(23)20-12-14-8-6-5-7-9-14/h5-9,13,15,18H,4,10-12H2,1-3H3,(H,19,22)(H2,20,21,23). The number of hydrogen-bond donors (Lipinski definition) is 4. The number of nitrogens with one attached hydrogen (secondary N) is 4. The molecule has 3 amide bonds. The maximum Gasteiger partial charge on any atom is 0.315 e. The molecule has 0 spiro atoms. The van der Waals surface area contributed by atoms with E-state index in [1.807, 2.05) is 51.1 Å². The number of benzene rings is 1. The lowest BCUT2D eigenvalue weighted by Crippen LogP contribution is -2.53. The minimum absolute atomic E-state index is 0.0107. The predicted molar refractivity (Wildman–Crippen MR) is 92.0 cm³/mol. The quantitative estimate of drug-likeness (QED) is 0.517. The summed E-state index contributed by atoms with van der Waals surface area (Å²) in [6.45, 7) is 8.38. The summed E-state index contributed by atoms with van der Waals surface area (Å²) in [5.41, 5.74) is 1.01. The molecular formula is C17H28N4O2. The van der Waals surface area contributed by atoms with Crippen LogP contribution in [0.3, 0.4) is 0 Å². The highest BCUT2D eigenvalue weighted by atomic mass is 16.2. The number of carbonyl (C=O) groups is 2. The fraction of sp³-hybridized carbons (Fsp3) is 0.529. The molecule has 1 atom stereocenters. The second kappa shape index (κ2) is 10.6. The molecule has 0 saturated heterocycles. The molecule has 0 bridgehead atoms. The van der Waals surface area contributed by atoms with Crippen molar-refractivity contribution in [2.24, 2.45) is 5.92 Å². The van der Waals surface area contributed by atoms with E-state index < -0.39 is 6.04 Å². The highest BCUT2D eigenvalue weighted by Crippen LogP contribution is 2.02. The first-order valence-electron chi connectivity index (χ1n) is 8.11. The minimum atomic E-state index is -0.549. The van der Waals surface area contributed by atoms with Gasteiger partial charge in [0.1, 0.15) is 6.04 Å². The van der Waals surface area contributed by atoms with Crippen molar-refractivity contribution in [2.75, 3.05) is 19.6 Å². The van der Waals surface area contributed by atoms with Crippen LogP contribution >= 0.6 is 0 Å². The number of hydrogen-bond acceptors (Lipinski definition) is 3. The molecule has 0 fully saturated rings. The van der Waals surface area contributed by atoms with E-state index in [1.54, 1.807) is 0 Å². The lowest BCUT2D eigenvalue weighted by atomic mass is 10.0. The zero-order valence-electron chi connectivity index (χ0n) is 14.2. The van der Waals surface area contributed by atoms with E-state index in [4.69, 9.17) is 0 Å². The van der Waals surface area contributed by atoms with Crippen LogP contribution in [0.25, 0.3) is 0 Å². The molecule has 6 heteroatoms. The van der Waals surface area contributed by atoms with Crippen LogP contribution in [0.1, 0.15) is 26.3 Å². The molecular weight excluding hydrogens is 292 g/mol. The molecule has 1 unspecified atom stereocenters. The first-order chi connectivity index (χ1) is 11.0. The van der Waals surface area contributed by atoms with Gasteiger partial charge in [-0.1, -0.05) is 51.1 Å². The van der Waals surface area contributed by atoms with Gasteiger partial charge in [0.25, 0.3) is 0 Å². The van der Waals surface area contributed by atoms with E-state index in [0.29, 0.717) is 19.6 Å². The number of carbonyl (C=O) groups excluding carboxylic acids is 2. The highest BCUT2D eigenvalue weighted by molar-refractivity contribution is 5.87. The van der Waals surface area contributed by atoms with Crippen LogP contribution in [0, 0.1) is 5.92 Å². The summed E-state index contributed by atoms with van der Waals surface area (Å²) in [7, 11) is 0. The first-order valence-corrected chi connectivity index (χ1v) is 8.11. The molecule has 0 aromatic heterocycles. The molecule has 0 heterocycles. The van der Waals surface area contributed by atoms with Crippen molar-refractivity contribution in [3.05, 3.63) is 35.9 Å². The van der Waals surface area contributed by atoms with Crippen molar-refractivity contribution in [3.8, 4) is 0 Å². The molecule has 1 rings (SSSR count). The smallest absolute Gasteiger partial charge is 0.315 e. The van der Waals surface area contributed by atoms with Crippen LogP contribution in [0.2, 0.25) is 0 Å². The monoisotopic (exact) mass is 320 g/mol. The Kier molecular flexibility index (Phi) is 8.75. The second-order valence-corrected chi connectivity index (χ2v) is 5.68. The van der Waals surface area contributed by atoms with Gasteiger partial charge in [-0.2, -0.15) is 0 Å². The topological polar surface area (TPSA) is 82.3 Å². The largest absolute Gasteiger partial charge is 0.353 e. The van der Waals surface area contributed by atoms with Gasteiger partial charge in [-0.3, -0.25) is 4.79 Å². The molecule has 0 radical (unpaired) electrons. The molecule has 128 valence electrons. The summed E-state index contributed by atoms with van der Waals surface area (Å²) in [6.07, 6.45) is 0. The van der Waals surface area contributed by atoms with E-state index >= 15 is 0 Å². The van der Waals surface area contributed by atoms with Crippen molar-refractivity contribution >= 4 is 11.9 Å². The average molecular weight is 320 g/mol. The highest BCUT2D eigenvalue weighted by Gasteiger charge is 2.23.